The number of hydrogen-bond donors (Lipinski definition) is 2. The highest BCUT2D eigenvalue weighted by Gasteiger charge is 2.18. The number of nitrogens with one attached hydrogen (secondary N) is 1. The van der Waals surface area contributed by atoms with Gasteiger partial charge in [-0.25, -0.2) is 0 Å². The maximum Gasteiger partial charge on any atom is 0.248 e. The second-order valence-corrected chi connectivity index (χ2v) is 7.24. The number of carbonyl (C=O) groups is 1. The predicted molar refractivity (Wildman–Crippen MR) is 111 cm³/mol. The lowest BCUT2D eigenvalue weighted by atomic mass is 9.96. The average molecular weight is 364 g/mol. The number of amides is 1. The molecule has 1 fully saturated rings. The summed E-state index contributed by atoms with van der Waals surface area (Å²) in [5.74, 6) is 0.0689. The van der Waals surface area contributed by atoms with Gasteiger partial charge in [-0.1, -0.05) is 36.8 Å². The summed E-state index contributed by atoms with van der Waals surface area (Å²) in [5, 5.41) is 12.3. The largest absolute Gasteiger partial charge is 0.508 e. The van der Waals surface area contributed by atoms with Gasteiger partial charge in [0.1, 0.15) is 5.75 Å². The molecule has 1 aliphatic heterocycles. The smallest absolute Gasteiger partial charge is 0.248 e. The third-order valence-electron chi connectivity index (χ3n) is 5.26. The lowest BCUT2D eigenvalue weighted by molar-refractivity contribution is -0.111. The standard InChI is InChI=1S/C23H28N2O2/c1-25-17-5-4-7-20(25)13-12-19-6-2-3-8-22(19)24-23(27)16-11-18-9-14-21(26)15-10-18/h2-3,6,8-11,14-16,20,26H,4-5,7,12-13,17H2,1H3,(H,24,27)/b16-11+/t20-/m1/s1. The Morgan fingerprint density at radius 1 is 1.19 bits per heavy atom. The Labute approximate surface area is 161 Å². The van der Waals surface area contributed by atoms with Gasteiger partial charge >= 0.3 is 0 Å². The van der Waals surface area contributed by atoms with Crippen molar-refractivity contribution in [1.82, 2.24) is 4.90 Å². The maximum absolute atomic E-state index is 12.3. The van der Waals surface area contributed by atoms with Crippen LogP contribution < -0.4 is 5.32 Å². The van der Waals surface area contributed by atoms with Crippen molar-refractivity contribution in [3.8, 4) is 5.75 Å². The zero-order chi connectivity index (χ0) is 19.1. The number of benzene rings is 2. The molecule has 4 heteroatoms. The number of rotatable bonds is 6. The summed E-state index contributed by atoms with van der Waals surface area (Å²) >= 11 is 0. The number of aromatic hydroxyl groups is 1. The van der Waals surface area contributed by atoms with E-state index in [-0.39, 0.29) is 11.7 Å². The van der Waals surface area contributed by atoms with Gasteiger partial charge in [-0.15, -0.1) is 0 Å². The molecule has 0 radical (unpaired) electrons. The van der Waals surface area contributed by atoms with Crippen molar-refractivity contribution >= 4 is 17.7 Å². The van der Waals surface area contributed by atoms with Crippen molar-refractivity contribution in [3.63, 3.8) is 0 Å². The van der Waals surface area contributed by atoms with E-state index in [4.69, 9.17) is 0 Å². The van der Waals surface area contributed by atoms with E-state index in [0.29, 0.717) is 6.04 Å². The molecule has 0 saturated carbocycles. The lowest BCUT2D eigenvalue weighted by Gasteiger charge is -2.32. The molecule has 27 heavy (non-hydrogen) atoms. The summed E-state index contributed by atoms with van der Waals surface area (Å²) in [5.41, 5.74) is 2.94. The number of phenols is 1. The Morgan fingerprint density at radius 3 is 2.74 bits per heavy atom. The van der Waals surface area contributed by atoms with Crippen LogP contribution >= 0.6 is 0 Å². The van der Waals surface area contributed by atoms with Crippen LogP contribution in [0, 0.1) is 0 Å². The van der Waals surface area contributed by atoms with E-state index in [0.717, 1.165) is 24.1 Å². The zero-order valence-electron chi connectivity index (χ0n) is 15.9. The number of piperidine rings is 1. The van der Waals surface area contributed by atoms with Crippen molar-refractivity contribution in [2.24, 2.45) is 0 Å². The van der Waals surface area contributed by atoms with E-state index in [2.05, 4.69) is 23.3 Å². The van der Waals surface area contributed by atoms with E-state index in [1.54, 1.807) is 30.3 Å². The maximum atomic E-state index is 12.3. The van der Waals surface area contributed by atoms with Gasteiger partial charge in [0.05, 0.1) is 0 Å². The summed E-state index contributed by atoms with van der Waals surface area (Å²) in [6.07, 6.45) is 9.23. The average Bonchev–Trinajstić information content (AvgIpc) is 2.68. The van der Waals surface area contributed by atoms with Gasteiger partial charge < -0.3 is 15.3 Å². The molecule has 3 rings (SSSR count). The van der Waals surface area contributed by atoms with Crippen LogP contribution in [0.25, 0.3) is 6.08 Å². The molecule has 0 spiro atoms. The number of anilines is 1. The first-order chi connectivity index (χ1) is 13.1. The molecule has 1 aliphatic rings. The number of likely N-dealkylation sites (tertiary alicyclic amines) is 1. The second kappa shape index (κ2) is 9.38. The molecule has 142 valence electrons. The van der Waals surface area contributed by atoms with Gasteiger partial charge in [0.15, 0.2) is 0 Å². The fourth-order valence-electron chi connectivity index (χ4n) is 3.62. The Hall–Kier alpha value is -2.59. The second-order valence-electron chi connectivity index (χ2n) is 7.24. The normalized spacial score (nSPS) is 17.9. The molecular formula is C23H28N2O2. The van der Waals surface area contributed by atoms with Crippen molar-refractivity contribution in [2.75, 3.05) is 18.9 Å². The summed E-state index contributed by atoms with van der Waals surface area (Å²) in [6, 6.07) is 15.4. The minimum Gasteiger partial charge on any atom is -0.508 e. The molecule has 0 aromatic heterocycles. The van der Waals surface area contributed by atoms with E-state index >= 15 is 0 Å². The Bertz CT molecular complexity index is 783. The van der Waals surface area contributed by atoms with Gasteiger partial charge in [-0.2, -0.15) is 0 Å². The minimum atomic E-state index is -0.148. The van der Waals surface area contributed by atoms with Crippen molar-refractivity contribution < 1.29 is 9.90 Å². The van der Waals surface area contributed by atoms with E-state index in [9.17, 15) is 9.90 Å². The van der Waals surface area contributed by atoms with Crippen LogP contribution in [0.3, 0.4) is 0 Å². The summed E-state index contributed by atoms with van der Waals surface area (Å²) in [4.78, 5) is 14.8. The minimum absolute atomic E-state index is 0.148. The highest BCUT2D eigenvalue weighted by molar-refractivity contribution is 6.02. The van der Waals surface area contributed by atoms with Crippen LogP contribution in [0.15, 0.2) is 54.6 Å². The van der Waals surface area contributed by atoms with Gasteiger partial charge in [-0.05, 0) is 74.7 Å². The quantitative estimate of drug-likeness (QED) is 0.744. The molecule has 2 aromatic carbocycles. The Kier molecular flexibility index (Phi) is 6.66. The Morgan fingerprint density at radius 2 is 1.96 bits per heavy atom. The summed E-state index contributed by atoms with van der Waals surface area (Å²) in [6.45, 7) is 1.19. The molecule has 2 N–H and O–H groups in total. The van der Waals surface area contributed by atoms with Crippen molar-refractivity contribution in [3.05, 3.63) is 65.7 Å². The number of para-hydroxylation sites is 1. The molecule has 4 nitrogen and oxygen atoms in total. The third-order valence-corrected chi connectivity index (χ3v) is 5.26. The van der Waals surface area contributed by atoms with Crippen LogP contribution in [0.5, 0.6) is 5.75 Å². The van der Waals surface area contributed by atoms with E-state index in [1.165, 1.54) is 37.4 Å². The first kappa shape index (κ1) is 19.2. The third kappa shape index (κ3) is 5.69. The number of carbonyl (C=O) groups excluding carboxylic acids is 1. The SMILES string of the molecule is CN1CCCC[C@@H]1CCc1ccccc1NC(=O)/C=C/c1ccc(O)cc1. The van der Waals surface area contributed by atoms with Gasteiger partial charge in [0, 0.05) is 17.8 Å². The number of phenolic OH excluding ortho intramolecular Hbond substituents is 1. The fourth-order valence-corrected chi connectivity index (χ4v) is 3.62. The first-order valence-corrected chi connectivity index (χ1v) is 9.68. The monoisotopic (exact) mass is 364 g/mol. The van der Waals surface area contributed by atoms with Crippen LogP contribution in [0.2, 0.25) is 0 Å². The zero-order valence-corrected chi connectivity index (χ0v) is 15.9. The molecule has 0 bridgehead atoms. The highest BCUT2D eigenvalue weighted by atomic mass is 16.3. The van der Waals surface area contributed by atoms with Crippen molar-refractivity contribution in [2.45, 2.75) is 38.1 Å². The van der Waals surface area contributed by atoms with Crippen molar-refractivity contribution in [1.29, 1.82) is 0 Å². The highest BCUT2D eigenvalue weighted by Crippen LogP contribution is 2.23. The number of nitrogens with zero attached hydrogens (tertiary/aromatic N) is 1. The molecular weight excluding hydrogens is 336 g/mol. The molecule has 0 aliphatic carbocycles. The molecule has 2 aromatic rings. The Balaban J connectivity index is 1.59. The number of hydrogen-bond acceptors (Lipinski definition) is 3. The molecule has 0 unspecified atom stereocenters. The van der Waals surface area contributed by atoms with Gasteiger partial charge in [-0.3, -0.25) is 4.79 Å². The summed E-state index contributed by atoms with van der Waals surface area (Å²) in [7, 11) is 2.21. The van der Waals surface area contributed by atoms with Crippen LogP contribution in [0.4, 0.5) is 5.69 Å². The predicted octanol–water partition coefficient (Wildman–Crippen LogP) is 4.46. The van der Waals surface area contributed by atoms with E-state index in [1.807, 2.05) is 18.2 Å². The summed E-state index contributed by atoms with van der Waals surface area (Å²) < 4.78 is 0. The van der Waals surface area contributed by atoms with Gasteiger partial charge in [0.2, 0.25) is 5.91 Å². The molecule has 1 saturated heterocycles. The lowest BCUT2D eigenvalue weighted by Crippen LogP contribution is -2.36. The molecule has 1 atom stereocenters. The topological polar surface area (TPSA) is 52.6 Å². The molecule has 1 amide bonds. The van der Waals surface area contributed by atoms with Crippen LogP contribution in [-0.2, 0) is 11.2 Å². The molecule has 1 heterocycles. The van der Waals surface area contributed by atoms with Crippen LogP contribution in [-0.4, -0.2) is 35.5 Å². The number of aryl methyl sites for hydroxylation is 1. The van der Waals surface area contributed by atoms with E-state index < -0.39 is 0 Å². The van der Waals surface area contributed by atoms with Crippen LogP contribution in [0.1, 0.15) is 36.8 Å². The first-order valence-electron chi connectivity index (χ1n) is 9.68. The van der Waals surface area contributed by atoms with Gasteiger partial charge in [0.25, 0.3) is 0 Å². The fraction of sp³-hybridized carbons (Fsp3) is 0.348.